The van der Waals surface area contributed by atoms with Crippen molar-refractivity contribution in [2.45, 2.75) is 6.61 Å². The number of rotatable bonds is 8. The Labute approximate surface area is 197 Å². The number of amides is 1. The number of hydrazone groups is 1. The van der Waals surface area contributed by atoms with Crippen molar-refractivity contribution in [1.29, 1.82) is 0 Å². The lowest BCUT2D eigenvalue weighted by Gasteiger charge is -2.11. The van der Waals surface area contributed by atoms with Gasteiger partial charge in [0.15, 0.2) is 11.5 Å². The van der Waals surface area contributed by atoms with Crippen molar-refractivity contribution >= 4 is 23.7 Å². The number of ether oxygens (including phenoxy) is 2. The van der Waals surface area contributed by atoms with Crippen LogP contribution in [0.1, 0.15) is 21.5 Å². The van der Waals surface area contributed by atoms with Gasteiger partial charge < -0.3 is 14.0 Å². The second kappa shape index (κ2) is 10.5. The Morgan fingerprint density at radius 3 is 2.52 bits per heavy atom. The standard InChI is InChI=1S/C26H22ClN3O3/c1-32-24-13-10-20(16-25(24)33-18-19-8-11-21(27)12-9-19)17-28-29-26(31)22-6-2-3-7-23(22)30-14-4-5-15-30/h2-17H,18H2,1H3,(H,29,31)/b28-17-. The van der Waals surface area contributed by atoms with Crippen LogP contribution in [0.4, 0.5) is 0 Å². The molecule has 1 aromatic heterocycles. The van der Waals surface area contributed by atoms with Gasteiger partial charge in [-0.25, -0.2) is 5.43 Å². The van der Waals surface area contributed by atoms with Crippen molar-refractivity contribution in [3.63, 3.8) is 0 Å². The maximum atomic E-state index is 12.7. The lowest BCUT2D eigenvalue weighted by Crippen LogP contribution is -2.19. The molecule has 33 heavy (non-hydrogen) atoms. The first-order chi connectivity index (χ1) is 16.1. The van der Waals surface area contributed by atoms with E-state index in [1.54, 1.807) is 31.5 Å². The quantitative estimate of drug-likeness (QED) is 0.280. The molecule has 0 bridgehead atoms. The average molecular weight is 460 g/mol. The molecule has 0 aliphatic carbocycles. The zero-order valence-corrected chi connectivity index (χ0v) is 18.7. The molecule has 0 aliphatic rings. The van der Waals surface area contributed by atoms with Gasteiger partial charge in [0.1, 0.15) is 6.61 Å². The monoisotopic (exact) mass is 459 g/mol. The summed E-state index contributed by atoms with van der Waals surface area (Å²) in [6.45, 7) is 0.362. The van der Waals surface area contributed by atoms with Gasteiger partial charge >= 0.3 is 0 Å². The van der Waals surface area contributed by atoms with E-state index >= 15 is 0 Å². The van der Waals surface area contributed by atoms with Gasteiger partial charge in [-0.3, -0.25) is 4.79 Å². The number of benzene rings is 3. The molecule has 4 rings (SSSR count). The van der Waals surface area contributed by atoms with Crippen molar-refractivity contribution in [3.05, 3.63) is 113 Å². The van der Waals surface area contributed by atoms with Gasteiger partial charge in [0.25, 0.3) is 5.91 Å². The number of aromatic nitrogens is 1. The van der Waals surface area contributed by atoms with Crippen molar-refractivity contribution in [2.24, 2.45) is 5.10 Å². The predicted octanol–water partition coefficient (Wildman–Crippen LogP) is 5.48. The molecule has 1 amide bonds. The van der Waals surface area contributed by atoms with E-state index in [0.717, 1.165) is 16.8 Å². The summed E-state index contributed by atoms with van der Waals surface area (Å²) in [6, 6.07) is 24.0. The molecule has 0 spiro atoms. The SMILES string of the molecule is COc1ccc(/C=N\NC(=O)c2ccccc2-n2cccc2)cc1OCc1ccc(Cl)cc1. The molecule has 0 aliphatic heterocycles. The maximum Gasteiger partial charge on any atom is 0.273 e. The van der Waals surface area contributed by atoms with E-state index in [2.05, 4.69) is 10.5 Å². The molecular weight excluding hydrogens is 438 g/mol. The van der Waals surface area contributed by atoms with E-state index in [9.17, 15) is 4.79 Å². The molecule has 3 aromatic carbocycles. The van der Waals surface area contributed by atoms with Crippen LogP contribution in [-0.4, -0.2) is 23.8 Å². The Morgan fingerprint density at radius 1 is 1.00 bits per heavy atom. The Hall–Kier alpha value is -4.03. The Balaban J connectivity index is 1.45. The molecule has 7 heteroatoms. The van der Waals surface area contributed by atoms with Crippen LogP contribution in [0.25, 0.3) is 5.69 Å². The molecule has 0 atom stereocenters. The first-order valence-electron chi connectivity index (χ1n) is 10.2. The summed E-state index contributed by atoms with van der Waals surface area (Å²) in [6.07, 6.45) is 5.33. The van der Waals surface area contributed by atoms with Gasteiger partial charge in [0.2, 0.25) is 0 Å². The summed E-state index contributed by atoms with van der Waals surface area (Å²) in [5.74, 6) is 0.870. The first-order valence-corrected chi connectivity index (χ1v) is 10.6. The molecule has 0 saturated carbocycles. The molecule has 1 N–H and O–H groups in total. The molecule has 1 heterocycles. The number of carbonyl (C=O) groups excluding carboxylic acids is 1. The normalized spacial score (nSPS) is 10.8. The van der Waals surface area contributed by atoms with Crippen molar-refractivity contribution in [3.8, 4) is 17.2 Å². The van der Waals surface area contributed by atoms with Gasteiger partial charge in [0.05, 0.1) is 24.6 Å². The predicted molar refractivity (Wildman–Crippen MR) is 130 cm³/mol. The minimum Gasteiger partial charge on any atom is -0.493 e. The van der Waals surface area contributed by atoms with Crippen LogP contribution in [0, 0.1) is 0 Å². The maximum absolute atomic E-state index is 12.7. The summed E-state index contributed by atoms with van der Waals surface area (Å²) in [4.78, 5) is 12.7. The van der Waals surface area contributed by atoms with E-state index in [1.807, 2.05) is 77.6 Å². The van der Waals surface area contributed by atoms with Crippen molar-refractivity contribution in [2.75, 3.05) is 7.11 Å². The largest absolute Gasteiger partial charge is 0.493 e. The van der Waals surface area contributed by atoms with Gasteiger partial charge in [-0.1, -0.05) is 35.9 Å². The number of carbonyl (C=O) groups is 1. The number of hydrogen-bond acceptors (Lipinski definition) is 4. The summed E-state index contributed by atoms with van der Waals surface area (Å²) in [7, 11) is 1.58. The Kier molecular flexibility index (Phi) is 7.07. The number of methoxy groups -OCH3 is 1. The number of hydrogen-bond donors (Lipinski definition) is 1. The third-order valence-corrected chi connectivity index (χ3v) is 5.16. The minimum absolute atomic E-state index is 0.303. The van der Waals surface area contributed by atoms with Gasteiger partial charge in [-0.15, -0.1) is 0 Å². The highest BCUT2D eigenvalue weighted by molar-refractivity contribution is 6.30. The average Bonchev–Trinajstić information content (AvgIpc) is 3.39. The summed E-state index contributed by atoms with van der Waals surface area (Å²) < 4.78 is 13.2. The summed E-state index contributed by atoms with van der Waals surface area (Å²) in [5.41, 5.74) is 5.62. The van der Waals surface area contributed by atoms with E-state index < -0.39 is 0 Å². The fourth-order valence-electron chi connectivity index (χ4n) is 3.24. The van der Waals surface area contributed by atoms with Crippen LogP contribution in [0.15, 0.2) is 96.4 Å². The lowest BCUT2D eigenvalue weighted by molar-refractivity contribution is 0.0955. The van der Waals surface area contributed by atoms with Crippen LogP contribution in [0.2, 0.25) is 5.02 Å². The highest BCUT2D eigenvalue weighted by Crippen LogP contribution is 2.28. The van der Waals surface area contributed by atoms with Crippen LogP contribution in [0.5, 0.6) is 11.5 Å². The third kappa shape index (κ3) is 5.61. The molecule has 0 unspecified atom stereocenters. The third-order valence-electron chi connectivity index (χ3n) is 4.91. The topological polar surface area (TPSA) is 64.8 Å². The van der Waals surface area contributed by atoms with E-state index in [1.165, 1.54) is 0 Å². The van der Waals surface area contributed by atoms with Gasteiger partial charge in [-0.2, -0.15) is 5.10 Å². The number of halogens is 1. The van der Waals surface area contributed by atoms with Crippen molar-refractivity contribution < 1.29 is 14.3 Å². The smallest absolute Gasteiger partial charge is 0.273 e. The molecule has 0 radical (unpaired) electrons. The molecule has 166 valence electrons. The zero-order chi connectivity index (χ0) is 23.0. The Morgan fingerprint density at radius 2 is 1.76 bits per heavy atom. The minimum atomic E-state index is -0.303. The van der Waals surface area contributed by atoms with E-state index in [-0.39, 0.29) is 5.91 Å². The van der Waals surface area contributed by atoms with Gasteiger partial charge in [-0.05, 0) is 65.7 Å². The van der Waals surface area contributed by atoms with Crippen LogP contribution in [-0.2, 0) is 6.61 Å². The molecule has 4 aromatic rings. The second-order valence-corrected chi connectivity index (χ2v) is 7.57. The second-order valence-electron chi connectivity index (χ2n) is 7.13. The molecular formula is C26H22ClN3O3. The number of para-hydroxylation sites is 1. The fraction of sp³-hybridized carbons (Fsp3) is 0.0769. The molecule has 6 nitrogen and oxygen atoms in total. The highest BCUT2D eigenvalue weighted by atomic mass is 35.5. The summed E-state index contributed by atoms with van der Waals surface area (Å²) >= 11 is 5.94. The lowest BCUT2D eigenvalue weighted by atomic mass is 10.1. The number of nitrogens with one attached hydrogen (secondary N) is 1. The Bertz CT molecular complexity index is 1250. The number of nitrogens with zero attached hydrogens (tertiary/aromatic N) is 2. The van der Waals surface area contributed by atoms with Crippen molar-refractivity contribution in [1.82, 2.24) is 9.99 Å². The van der Waals surface area contributed by atoms with Crippen LogP contribution < -0.4 is 14.9 Å². The molecule has 0 fully saturated rings. The van der Waals surface area contributed by atoms with Crippen LogP contribution in [0.3, 0.4) is 0 Å². The van der Waals surface area contributed by atoms with E-state index in [0.29, 0.717) is 28.7 Å². The zero-order valence-electron chi connectivity index (χ0n) is 17.9. The fourth-order valence-corrected chi connectivity index (χ4v) is 3.37. The first kappa shape index (κ1) is 22.2. The van der Waals surface area contributed by atoms with Crippen LogP contribution >= 0.6 is 11.6 Å². The van der Waals surface area contributed by atoms with E-state index in [4.69, 9.17) is 21.1 Å². The van der Waals surface area contributed by atoms with Gasteiger partial charge in [0, 0.05) is 17.4 Å². The summed E-state index contributed by atoms with van der Waals surface area (Å²) in [5, 5.41) is 4.79. The highest BCUT2D eigenvalue weighted by Gasteiger charge is 2.11. The molecule has 0 saturated heterocycles.